The Bertz CT molecular complexity index is 1320. The minimum atomic E-state index is -4.54. The van der Waals surface area contributed by atoms with Gasteiger partial charge in [-0.3, -0.25) is 9.59 Å². The molecule has 1 aromatic heterocycles. The molecule has 34 heavy (non-hydrogen) atoms. The lowest BCUT2D eigenvalue weighted by Crippen LogP contribution is -2.29. The standard InChI is InChI=1S/C24H16F3NO5S/c25-24(26,27)15-4-1-3-13(9-15)11-28-20(18-5-2-8-34-18)19(22(30)23(28)31)21(29)14-6-7-16-17(10-14)33-12-32-16/h1-10,20,29H,11-12H2/b21-19-. The highest BCUT2D eigenvalue weighted by Gasteiger charge is 2.46. The highest BCUT2D eigenvalue weighted by atomic mass is 32.1. The van der Waals surface area contributed by atoms with Crippen LogP contribution >= 0.6 is 11.3 Å². The van der Waals surface area contributed by atoms with Crippen molar-refractivity contribution < 1.29 is 37.3 Å². The van der Waals surface area contributed by atoms with Gasteiger partial charge in [0, 0.05) is 17.0 Å². The van der Waals surface area contributed by atoms with Crippen molar-refractivity contribution in [2.24, 2.45) is 0 Å². The molecule has 0 saturated carbocycles. The molecule has 0 aliphatic carbocycles. The molecule has 6 nitrogen and oxygen atoms in total. The lowest BCUT2D eigenvalue weighted by Gasteiger charge is -2.24. The van der Waals surface area contributed by atoms with E-state index in [0.29, 0.717) is 16.4 Å². The highest BCUT2D eigenvalue weighted by molar-refractivity contribution is 7.10. The van der Waals surface area contributed by atoms with Gasteiger partial charge in [0.1, 0.15) is 5.76 Å². The minimum absolute atomic E-state index is 0.0239. The number of benzene rings is 2. The number of aliphatic hydroxyl groups is 1. The van der Waals surface area contributed by atoms with E-state index in [4.69, 9.17) is 9.47 Å². The fraction of sp³-hybridized carbons (Fsp3) is 0.167. The van der Waals surface area contributed by atoms with Gasteiger partial charge in [0.15, 0.2) is 11.5 Å². The van der Waals surface area contributed by atoms with Gasteiger partial charge in [-0.2, -0.15) is 13.2 Å². The molecule has 1 amide bonds. The third-order valence-electron chi connectivity index (χ3n) is 5.61. The maximum absolute atomic E-state index is 13.2. The average Bonchev–Trinajstić information content (AvgIpc) is 3.55. The number of aliphatic hydroxyl groups excluding tert-OH is 1. The normalized spacial score (nSPS) is 19.1. The first-order valence-corrected chi connectivity index (χ1v) is 11.0. The summed E-state index contributed by atoms with van der Waals surface area (Å²) >= 11 is 1.27. The first kappa shape index (κ1) is 22.0. The summed E-state index contributed by atoms with van der Waals surface area (Å²) in [6, 6.07) is 11.7. The number of halogens is 3. The zero-order valence-corrected chi connectivity index (χ0v) is 18.2. The monoisotopic (exact) mass is 487 g/mol. The number of Topliss-reactive ketones (excluding diaryl/α,β-unsaturated/α-hetero) is 1. The van der Waals surface area contributed by atoms with Gasteiger partial charge < -0.3 is 19.5 Å². The van der Waals surface area contributed by atoms with Crippen molar-refractivity contribution in [2.45, 2.75) is 18.8 Å². The fourth-order valence-electron chi connectivity index (χ4n) is 4.03. The zero-order valence-electron chi connectivity index (χ0n) is 17.3. The van der Waals surface area contributed by atoms with Crippen LogP contribution < -0.4 is 9.47 Å². The smallest absolute Gasteiger partial charge is 0.416 e. The number of fused-ring (bicyclic) bond motifs is 1. The number of alkyl halides is 3. The van der Waals surface area contributed by atoms with Crippen LogP contribution in [-0.4, -0.2) is 28.5 Å². The molecular weight excluding hydrogens is 471 g/mol. The van der Waals surface area contributed by atoms with E-state index in [-0.39, 0.29) is 30.0 Å². The van der Waals surface area contributed by atoms with Gasteiger partial charge in [0.25, 0.3) is 11.7 Å². The Morgan fingerprint density at radius 3 is 2.59 bits per heavy atom. The summed E-state index contributed by atoms with van der Waals surface area (Å²) in [5.74, 6) is -1.36. The molecule has 3 aromatic rings. The van der Waals surface area contributed by atoms with Gasteiger partial charge in [-0.05, 0) is 47.3 Å². The number of hydrogen-bond donors (Lipinski definition) is 1. The molecule has 1 atom stereocenters. The molecule has 3 heterocycles. The highest BCUT2D eigenvalue weighted by Crippen LogP contribution is 2.43. The average molecular weight is 487 g/mol. The summed E-state index contributed by atoms with van der Waals surface area (Å²) < 4.78 is 50.1. The number of carbonyl (C=O) groups excluding carboxylic acids is 2. The van der Waals surface area contributed by atoms with Crippen molar-refractivity contribution in [1.82, 2.24) is 4.90 Å². The first-order valence-electron chi connectivity index (χ1n) is 10.1. The van der Waals surface area contributed by atoms with E-state index in [1.807, 2.05) is 0 Å². The van der Waals surface area contributed by atoms with Crippen LogP contribution in [0.25, 0.3) is 5.76 Å². The van der Waals surface area contributed by atoms with Crippen LogP contribution in [0.15, 0.2) is 65.6 Å². The van der Waals surface area contributed by atoms with Gasteiger partial charge in [-0.1, -0.05) is 18.2 Å². The van der Waals surface area contributed by atoms with E-state index in [2.05, 4.69) is 0 Å². The van der Waals surface area contributed by atoms with Crippen molar-refractivity contribution in [3.8, 4) is 11.5 Å². The number of nitrogens with zero attached hydrogens (tertiary/aromatic N) is 1. The topological polar surface area (TPSA) is 76.1 Å². The Hall–Kier alpha value is -3.79. The van der Waals surface area contributed by atoms with Gasteiger partial charge in [0.2, 0.25) is 6.79 Å². The Kier molecular flexibility index (Phi) is 5.32. The zero-order chi connectivity index (χ0) is 24.0. The fourth-order valence-corrected chi connectivity index (χ4v) is 4.87. The lowest BCUT2D eigenvalue weighted by atomic mass is 9.99. The molecule has 1 saturated heterocycles. The first-order chi connectivity index (χ1) is 16.2. The SMILES string of the molecule is O=C1C(=O)N(Cc2cccc(C(F)(F)F)c2)C(c2cccs2)/C1=C(/O)c1ccc2c(c1)OCO2. The molecule has 0 bridgehead atoms. The van der Waals surface area contributed by atoms with Gasteiger partial charge in [-0.15, -0.1) is 11.3 Å². The predicted octanol–water partition coefficient (Wildman–Crippen LogP) is 5.12. The third kappa shape index (κ3) is 3.79. The Balaban J connectivity index is 1.58. The van der Waals surface area contributed by atoms with E-state index in [0.717, 1.165) is 12.1 Å². The molecule has 1 unspecified atom stereocenters. The van der Waals surface area contributed by atoms with Gasteiger partial charge in [0.05, 0.1) is 17.2 Å². The van der Waals surface area contributed by atoms with Crippen LogP contribution in [0.1, 0.15) is 27.6 Å². The number of amides is 1. The van der Waals surface area contributed by atoms with Crippen LogP contribution in [0.2, 0.25) is 0 Å². The van der Waals surface area contributed by atoms with E-state index >= 15 is 0 Å². The molecule has 5 rings (SSSR count). The van der Waals surface area contributed by atoms with Crippen molar-refractivity contribution in [2.75, 3.05) is 6.79 Å². The summed E-state index contributed by atoms with van der Waals surface area (Å²) in [5.41, 5.74) is -0.530. The minimum Gasteiger partial charge on any atom is -0.507 e. The summed E-state index contributed by atoms with van der Waals surface area (Å²) in [6.07, 6.45) is -4.54. The van der Waals surface area contributed by atoms with Crippen LogP contribution in [0.3, 0.4) is 0 Å². The van der Waals surface area contributed by atoms with E-state index < -0.39 is 35.2 Å². The summed E-state index contributed by atoms with van der Waals surface area (Å²) in [7, 11) is 0. The number of likely N-dealkylation sites (tertiary alicyclic amines) is 1. The van der Waals surface area contributed by atoms with Crippen molar-refractivity contribution in [3.63, 3.8) is 0 Å². The Morgan fingerprint density at radius 2 is 1.85 bits per heavy atom. The van der Waals surface area contributed by atoms with Crippen LogP contribution in [-0.2, 0) is 22.3 Å². The quantitative estimate of drug-likeness (QED) is 0.314. The molecule has 2 aliphatic heterocycles. The lowest BCUT2D eigenvalue weighted by molar-refractivity contribution is -0.140. The molecule has 0 radical (unpaired) electrons. The number of ether oxygens (including phenoxy) is 2. The van der Waals surface area contributed by atoms with Crippen LogP contribution in [0.5, 0.6) is 11.5 Å². The maximum atomic E-state index is 13.2. The number of carbonyl (C=O) groups is 2. The number of rotatable bonds is 4. The summed E-state index contributed by atoms with van der Waals surface area (Å²) in [4.78, 5) is 27.8. The van der Waals surface area contributed by atoms with Gasteiger partial charge in [-0.25, -0.2) is 0 Å². The molecule has 10 heteroatoms. The third-order valence-corrected chi connectivity index (χ3v) is 6.53. The largest absolute Gasteiger partial charge is 0.507 e. The molecule has 2 aliphatic rings. The Morgan fingerprint density at radius 1 is 1.06 bits per heavy atom. The maximum Gasteiger partial charge on any atom is 0.416 e. The predicted molar refractivity (Wildman–Crippen MR) is 116 cm³/mol. The second kappa shape index (κ2) is 8.21. The van der Waals surface area contributed by atoms with Gasteiger partial charge >= 0.3 is 6.18 Å². The summed E-state index contributed by atoms with van der Waals surface area (Å²) in [6.45, 7) is -0.217. The molecule has 0 spiro atoms. The molecular formula is C24H16F3NO5S. The molecule has 2 aromatic carbocycles. The molecule has 1 N–H and O–H groups in total. The second-order valence-electron chi connectivity index (χ2n) is 7.71. The van der Waals surface area contributed by atoms with Crippen molar-refractivity contribution >= 4 is 28.8 Å². The van der Waals surface area contributed by atoms with Crippen LogP contribution in [0, 0.1) is 0 Å². The van der Waals surface area contributed by atoms with E-state index in [9.17, 15) is 27.9 Å². The van der Waals surface area contributed by atoms with Crippen molar-refractivity contribution in [3.05, 3.63) is 87.1 Å². The molecule has 1 fully saturated rings. The van der Waals surface area contributed by atoms with Crippen molar-refractivity contribution in [1.29, 1.82) is 0 Å². The number of hydrogen-bond acceptors (Lipinski definition) is 6. The molecule has 174 valence electrons. The number of thiophene rings is 1. The van der Waals surface area contributed by atoms with E-state index in [1.165, 1.54) is 40.5 Å². The second-order valence-corrected chi connectivity index (χ2v) is 8.69. The van der Waals surface area contributed by atoms with Crippen LogP contribution in [0.4, 0.5) is 13.2 Å². The summed E-state index contributed by atoms with van der Waals surface area (Å²) in [5, 5.41) is 12.8. The Labute approximate surface area is 195 Å². The van der Waals surface area contributed by atoms with E-state index in [1.54, 1.807) is 23.6 Å². The number of ketones is 1.